The van der Waals surface area contributed by atoms with E-state index in [4.69, 9.17) is 14.3 Å². The van der Waals surface area contributed by atoms with Crippen LogP contribution in [0.1, 0.15) is 19.3 Å². The fourth-order valence-corrected chi connectivity index (χ4v) is 5.47. The summed E-state index contributed by atoms with van der Waals surface area (Å²) in [6, 6.07) is 14.7. The van der Waals surface area contributed by atoms with Gasteiger partial charge in [-0.3, -0.25) is 4.79 Å². The van der Waals surface area contributed by atoms with Crippen molar-refractivity contribution in [1.82, 2.24) is 19.9 Å². The second kappa shape index (κ2) is 15.1. The Morgan fingerprint density at radius 3 is 2.52 bits per heavy atom. The molecule has 0 spiro atoms. The molecule has 4 aromatic rings. The molecule has 2 aliphatic heterocycles. The summed E-state index contributed by atoms with van der Waals surface area (Å²) in [5.41, 5.74) is 1.81. The Morgan fingerprint density at radius 2 is 1.83 bits per heavy atom. The highest BCUT2D eigenvalue weighted by Gasteiger charge is 2.23. The first-order valence-electron chi connectivity index (χ1n) is 15.1. The molecule has 2 N–H and O–H groups in total. The molecule has 2 aromatic heterocycles. The van der Waals surface area contributed by atoms with Crippen molar-refractivity contribution in [2.45, 2.75) is 25.3 Å². The predicted octanol–water partition coefficient (Wildman–Crippen LogP) is 5.94. The van der Waals surface area contributed by atoms with Gasteiger partial charge in [-0.1, -0.05) is 6.58 Å². The molecule has 2 fully saturated rings. The number of halogens is 1. The lowest BCUT2D eigenvalue weighted by atomic mass is 10.0. The maximum absolute atomic E-state index is 15.3. The molecule has 0 aliphatic carbocycles. The molecule has 238 valence electrons. The van der Waals surface area contributed by atoms with Crippen LogP contribution in [0.4, 0.5) is 27.4 Å². The minimum Gasteiger partial charge on any atom is -0.495 e. The monoisotopic (exact) mass is 624 g/mol. The molecular weight excluding hydrogens is 587 g/mol. The highest BCUT2D eigenvalue weighted by Crippen LogP contribution is 2.35. The molecule has 0 bridgehead atoms. The highest BCUT2D eigenvalue weighted by atomic mass is 19.1. The van der Waals surface area contributed by atoms with Crippen LogP contribution in [-0.2, 0) is 4.79 Å². The van der Waals surface area contributed by atoms with E-state index in [0.717, 1.165) is 55.8 Å². The van der Waals surface area contributed by atoms with Gasteiger partial charge in [-0.15, -0.1) is 0 Å². The van der Waals surface area contributed by atoms with Crippen LogP contribution in [0.5, 0.6) is 17.2 Å². The molecule has 2 aromatic carbocycles. The highest BCUT2D eigenvalue weighted by molar-refractivity contribution is 5.95. The molecule has 6 rings (SSSR count). The average Bonchev–Trinajstić information content (AvgIpc) is 3.57. The first-order valence-corrected chi connectivity index (χ1v) is 15.1. The van der Waals surface area contributed by atoms with Gasteiger partial charge in [0.15, 0.2) is 0 Å². The molecule has 1 unspecified atom stereocenters. The Labute approximate surface area is 267 Å². The van der Waals surface area contributed by atoms with E-state index in [9.17, 15) is 5.26 Å². The number of aldehydes is 1. The summed E-state index contributed by atoms with van der Waals surface area (Å²) in [6.07, 6.45) is 7.82. The second-order valence-corrected chi connectivity index (χ2v) is 11.2. The van der Waals surface area contributed by atoms with Gasteiger partial charge in [-0.2, -0.15) is 5.26 Å². The van der Waals surface area contributed by atoms with Crippen molar-refractivity contribution >= 4 is 40.2 Å². The quantitative estimate of drug-likeness (QED) is 0.170. The van der Waals surface area contributed by atoms with E-state index in [1.165, 1.54) is 18.5 Å². The van der Waals surface area contributed by atoms with Crippen molar-refractivity contribution in [2.24, 2.45) is 5.92 Å². The third kappa shape index (κ3) is 7.86. The Hall–Kier alpha value is -5.28. The zero-order chi connectivity index (χ0) is 32.5. The van der Waals surface area contributed by atoms with Gasteiger partial charge in [0.2, 0.25) is 0 Å². The van der Waals surface area contributed by atoms with E-state index in [1.807, 2.05) is 18.2 Å². The van der Waals surface area contributed by atoms with Gasteiger partial charge in [0.1, 0.15) is 47.3 Å². The number of aromatic nitrogens is 3. The number of carbonyl (C=O) groups excluding carboxylic acids is 1. The number of nitriles is 1. The molecule has 2 saturated heterocycles. The standard InChI is InChI=1S/C31H33FN8O2.C3H4O/c1-39-10-7-21(8-11-39)37-28-15-24-27(16-29(28)41-2)35-19-36-31(24)38-26-4-3-22(13-25(26)32)42-23-5-9-34-30(14-23)40-12-6-20(17-33)18-40;1-2-3-4/h3-5,9,13-16,19-21,37H,6-8,10-12,18H2,1-2H3,(H,35,36,38);2-3H,1H2. The fourth-order valence-electron chi connectivity index (χ4n) is 5.47. The van der Waals surface area contributed by atoms with Crippen LogP contribution < -0.4 is 25.0 Å². The van der Waals surface area contributed by atoms with Crippen LogP contribution in [-0.4, -0.2) is 72.5 Å². The van der Waals surface area contributed by atoms with E-state index in [1.54, 1.807) is 31.5 Å². The molecule has 0 saturated carbocycles. The van der Waals surface area contributed by atoms with Gasteiger partial charge < -0.3 is 29.9 Å². The maximum Gasteiger partial charge on any atom is 0.150 e. The maximum atomic E-state index is 15.3. The lowest BCUT2D eigenvalue weighted by Gasteiger charge is -2.30. The fraction of sp³-hybridized carbons (Fsp3) is 0.324. The smallest absolute Gasteiger partial charge is 0.150 e. The number of hydrogen-bond donors (Lipinski definition) is 2. The summed E-state index contributed by atoms with van der Waals surface area (Å²) in [4.78, 5) is 26.7. The largest absolute Gasteiger partial charge is 0.495 e. The summed E-state index contributed by atoms with van der Waals surface area (Å²) < 4.78 is 26.9. The zero-order valence-corrected chi connectivity index (χ0v) is 25.9. The number of carbonyl (C=O) groups is 1. The third-order valence-corrected chi connectivity index (χ3v) is 7.97. The van der Waals surface area contributed by atoms with Crippen LogP contribution in [0.2, 0.25) is 0 Å². The number of nitrogens with zero attached hydrogens (tertiary/aromatic N) is 6. The average molecular weight is 625 g/mol. The van der Waals surface area contributed by atoms with E-state index >= 15 is 4.39 Å². The predicted molar refractivity (Wildman–Crippen MR) is 176 cm³/mol. The van der Waals surface area contributed by atoms with Crippen LogP contribution >= 0.6 is 0 Å². The van der Waals surface area contributed by atoms with Gasteiger partial charge in [0.25, 0.3) is 0 Å². The SMILES string of the molecule is C=CC=O.COc1cc2ncnc(Nc3ccc(Oc4ccnc(N5CCC(C#N)C5)c4)cc3F)c2cc1NC1CCN(C)CC1. The van der Waals surface area contributed by atoms with Crippen LogP contribution in [0.15, 0.2) is 67.6 Å². The number of methoxy groups -OCH3 is 1. The zero-order valence-electron chi connectivity index (χ0n) is 25.9. The number of hydrogen-bond acceptors (Lipinski definition) is 11. The molecule has 0 amide bonds. The number of fused-ring (bicyclic) bond motifs is 1. The molecular formula is C34H37FN8O3. The first-order chi connectivity index (χ1) is 22.4. The molecule has 0 radical (unpaired) electrons. The minimum atomic E-state index is -0.483. The van der Waals surface area contributed by atoms with Gasteiger partial charge >= 0.3 is 0 Å². The van der Waals surface area contributed by atoms with E-state index in [-0.39, 0.29) is 11.6 Å². The normalized spacial score (nSPS) is 16.6. The van der Waals surface area contributed by atoms with Crippen molar-refractivity contribution in [3.8, 4) is 23.3 Å². The van der Waals surface area contributed by atoms with Gasteiger partial charge in [-0.25, -0.2) is 19.3 Å². The molecule has 46 heavy (non-hydrogen) atoms. The molecule has 12 heteroatoms. The number of rotatable bonds is 9. The number of likely N-dealkylation sites (tertiary alicyclic amines) is 1. The number of pyridine rings is 1. The minimum absolute atomic E-state index is 0.00146. The van der Waals surface area contributed by atoms with Crippen molar-refractivity contribution in [2.75, 3.05) is 55.9 Å². The summed E-state index contributed by atoms with van der Waals surface area (Å²) in [6.45, 7) is 6.59. The Kier molecular flexibility index (Phi) is 10.6. The van der Waals surface area contributed by atoms with Gasteiger partial charge in [0, 0.05) is 48.9 Å². The van der Waals surface area contributed by atoms with E-state index in [0.29, 0.717) is 47.5 Å². The van der Waals surface area contributed by atoms with Gasteiger partial charge in [-0.05, 0) is 69.7 Å². The molecule has 11 nitrogen and oxygen atoms in total. The van der Waals surface area contributed by atoms with Crippen molar-refractivity contribution in [1.29, 1.82) is 5.26 Å². The first kappa shape index (κ1) is 32.1. The van der Waals surface area contributed by atoms with Crippen LogP contribution in [0, 0.1) is 23.1 Å². The summed E-state index contributed by atoms with van der Waals surface area (Å²) in [5, 5.41) is 16.7. The van der Waals surface area contributed by atoms with Crippen LogP contribution in [0.3, 0.4) is 0 Å². The molecule has 4 heterocycles. The summed E-state index contributed by atoms with van der Waals surface area (Å²) in [7, 11) is 3.78. The van der Waals surface area contributed by atoms with Crippen molar-refractivity contribution in [3.05, 3.63) is 73.5 Å². The number of ether oxygens (including phenoxy) is 2. The lowest BCUT2D eigenvalue weighted by molar-refractivity contribution is -0.104. The number of nitrogens with one attached hydrogen (secondary N) is 2. The molecule has 2 aliphatic rings. The Balaban J connectivity index is 0.000000985. The third-order valence-electron chi connectivity index (χ3n) is 7.97. The van der Waals surface area contributed by atoms with E-state index < -0.39 is 5.82 Å². The number of anilines is 4. The Morgan fingerprint density at radius 1 is 1.04 bits per heavy atom. The van der Waals surface area contributed by atoms with Crippen molar-refractivity contribution in [3.63, 3.8) is 0 Å². The van der Waals surface area contributed by atoms with Crippen molar-refractivity contribution < 1.29 is 18.7 Å². The second-order valence-electron chi connectivity index (χ2n) is 11.2. The van der Waals surface area contributed by atoms with Crippen LogP contribution in [0.25, 0.3) is 10.9 Å². The summed E-state index contributed by atoms with van der Waals surface area (Å²) >= 11 is 0. The Bertz CT molecular complexity index is 1710. The summed E-state index contributed by atoms with van der Waals surface area (Å²) in [5.74, 6) is 2.34. The topological polar surface area (TPSA) is 129 Å². The number of allylic oxidation sites excluding steroid dienone is 1. The van der Waals surface area contributed by atoms with E-state index in [2.05, 4.69) is 55.1 Å². The number of piperidine rings is 1. The molecule has 1 atom stereocenters. The number of benzene rings is 2. The lowest BCUT2D eigenvalue weighted by Crippen LogP contribution is -2.36. The van der Waals surface area contributed by atoms with Gasteiger partial charge in [0.05, 0.1) is 36.0 Å².